The van der Waals surface area contributed by atoms with Crippen molar-refractivity contribution in [1.82, 2.24) is 14.7 Å². The number of nitrogens with zero attached hydrogens (tertiary/aromatic N) is 3. The number of hydrogen-bond acceptors (Lipinski definition) is 3. The fraction of sp³-hybridized carbons (Fsp3) is 0.643. The average molecular weight is 317 g/mol. The Bertz CT molecular complexity index is 602. The third-order valence-electron chi connectivity index (χ3n) is 3.92. The van der Waals surface area contributed by atoms with Crippen molar-refractivity contribution in [3.05, 3.63) is 28.2 Å². The van der Waals surface area contributed by atoms with Crippen molar-refractivity contribution in [2.45, 2.75) is 57.9 Å². The summed E-state index contributed by atoms with van der Waals surface area (Å²) >= 11 is 0. The standard InChI is InChI=1S/C14H18F3N3O2/c1-9-4-3-5-10(2)20(9)13(22)8-19-12(21)7-6-11(18-19)14(15,16)17/h6-7,9-10H,3-5,8H2,1-2H3/t9-,10+. The van der Waals surface area contributed by atoms with Crippen molar-refractivity contribution in [3.8, 4) is 0 Å². The highest BCUT2D eigenvalue weighted by Crippen LogP contribution is 2.26. The zero-order chi connectivity index (χ0) is 16.5. The number of carbonyl (C=O) groups excluding carboxylic acids is 1. The quantitative estimate of drug-likeness (QED) is 0.839. The minimum Gasteiger partial charge on any atom is -0.336 e. The maximum absolute atomic E-state index is 12.6. The van der Waals surface area contributed by atoms with Crippen molar-refractivity contribution >= 4 is 5.91 Å². The maximum atomic E-state index is 12.6. The molecule has 5 nitrogen and oxygen atoms in total. The van der Waals surface area contributed by atoms with Crippen LogP contribution in [0.4, 0.5) is 13.2 Å². The van der Waals surface area contributed by atoms with E-state index in [1.54, 1.807) is 4.90 Å². The lowest BCUT2D eigenvalue weighted by molar-refractivity contribution is -0.144. The van der Waals surface area contributed by atoms with E-state index in [2.05, 4.69) is 5.10 Å². The predicted molar refractivity (Wildman–Crippen MR) is 73.1 cm³/mol. The molecular formula is C14H18F3N3O2. The van der Waals surface area contributed by atoms with Crippen LogP contribution < -0.4 is 5.56 Å². The summed E-state index contributed by atoms with van der Waals surface area (Å²) in [6.45, 7) is 3.32. The highest BCUT2D eigenvalue weighted by molar-refractivity contribution is 5.76. The molecule has 2 heterocycles. The molecule has 1 fully saturated rings. The van der Waals surface area contributed by atoms with Crippen LogP contribution in [0, 0.1) is 0 Å². The van der Waals surface area contributed by atoms with Crippen molar-refractivity contribution in [1.29, 1.82) is 0 Å². The molecule has 0 saturated carbocycles. The zero-order valence-electron chi connectivity index (χ0n) is 12.4. The highest BCUT2D eigenvalue weighted by Gasteiger charge is 2.34. The first-order valence-electron chi connectivity index (χ1n) is 7.16. The first-order valence-corrected chi connectivity index (χ1v) is 7.16. The summed E-state index contributed by atoms with van der Waals surface area (Å²) in [7, 11) is 0. The third kappa shape index (κ3) is 3.48. The number of piperidine rings is 1. The van der Waals surface area contributed by atoms with Crippen molar-refractivity contribution in [2.75, 3.05) is 0 Å². The number of hydrogen-bond donors (Lipinski definition) is 0. The Morgan fingerprint density at radius 1 is 1.27 bits per heavy atom. The smallest absolute Gasteiger partial charge is 0.336 e. The van der Waals surface area contributed by atoms with Gasteiger partial charge in [0.05, 0.1) is 0 Å². The number of rotatable bonds is 2. The van der Waals surface area contributed by atoms with E-state index in [-0.39, 0.29) is 18.0 Å². The molecule has 1 aliphatic heterocycles. The van der Waals surface area contributed by atoms with Gasteiger partial charge in [-0.05, 0) is 39.2 Å². The van der Waals surface area contributed by atoms with Crippen LogP contribution in [0.1, 0.15) is 38.8 Å². The first-order chi connectivity index (χ1) is 10.2. The summed E-state index contributed by atoms with van der Waals surface area (Å²) in [5.41, 5.74) is -1.90. The predicted octanol–water partition coefficient (Wildman–Crippen LogP) is 2.05. The van der Waals surface area contributed by atoms with Gasteiger partial charge < -0.3 is 4.90 Å². The van der Waals surface area contributed by atoms with Crippen LogP contribution in [0.25, 0.3) is 0 Å². The van der Waals surface area contributed by atoms with Crippen LogP contribution in [0.5, 0.6) is 0 Å². The molecule has 0 N–H and O–H groups in total. The van der Waals surface area contributed by atoms with Crippen LogP contribution in [0.15, 0.2) is 16.9 Å². The molecule has 2 atom stereocenters. The molecule has 0 radical (unpaired) electrons. The number of aromatic nitrogens is 2. The molecule has 2 rings (SSSR count). The minimum atomic E-state index is -4.65. The van der Waals surface area contributed by atoms with Gasteiger partial charge in [-0.1, -0.05) is 0 Å². The molecule has 0 aliphatic carbocycles. The minimum absolute atomic E-state index is 0.0118. The number of halogens is 3. The Hall–Kier alpha value is -1.86. The molecule has 0 unspecified atom stereocenters. The maximum Gasteiger partial charge on any atom is 0.435 e. The highest BCUT2D eigenvalue weighted by atomic mass is 19.4. The van der Waals surface area contributed by atoms with E-state index < -0.39 is 24.0 Å². The summed E-state index contributed by atoms with van der Waals surface area (Å²) in [5.74, 6) is -0.381. The normalized spacial score (nSPS) is 22.7. The molecule has 22 heavy (non-hydrogen) atoms. The Morgan fingerprint density at radius 3 is 2.41 bits per heavy atom. The van der Waals surface area contributed by atoms with E-state index in [0.29, 0.717) is 10.7 Å². The molecule has 8 heteroatoms. The van der Waals surface area contributed by atoms with E-state index in [1.165, 1.54) is 0 Å². The number of carbonyl (C=O) groups is 1. The first kappa shape index (κ1) is 16.5. The lowest BCUT2D eigenvalue weighted by atomic mass is 9.97. The van der Waals surface area contributed by atoms with Gasteiger partial charge in [0.25, 0.3) is 5.56 Å². The summed E-state index contributed by atoms with van der Waals surface area (Å²) in [5, 5.41) is 3.26. The van der Waals surface area contributed by atoms with E-state index in [4.69, 9.17) is 0 Å². The fourth-order valence-electron chi connectivity index (χ4n) is 2.84. The van der Waals surface area contributed by atoms with Gasteiger partial charge in [0.15, 0.2) is 5.69 Å². The SMILES string of the molecule is C[C@@H]1CCC[C@H](C)N1C(=O)Cn1nc(C(F)(F)F)ccc1=O. The zero-order valence-corrected chi connectivity index (χ0v) is 12.4. The van der Waals surface area contributed by atoms with Crippen LogP contribution >= 0.6 is 0 Å². The largest absolute Gasteiger partial charge is 0.435 e. The van der Waals surface area contributed by atoms with Gasteiger partial charge in [0, 0.05) is 18.2 Å². The molecule has 1 aromatic rings. The van der Waals surface area contributed by atoms with Gasteiger partial charge in [0.2, 0.25) is 5.91 Å². The number of likely N-dealkylation sites (tertiary alicyclic amines) is 1. The molecule has 0 aromatic carbocycles. The van der Waals surface area contributed by atoms with Crippen LogP contribution in [-0.2, 0) is 17.5 Å². The van der Waals surface area contributed by atoms with Crippen LogP contribution in [0.2, 0.25) is 0 Å². The Kier molecular flexibility index (Phi) is 4.58. The van der Waals surface area contributed by atoms with E-state index >= 15 is 0 Å². The van der Waals surface area contributed by atoms with Gasteiger partial charge in [0.1, 0.15) is 6.54 Å². The molecule has 1 aromatic heterocycles. The van der Waals surface area contributed by atoms with Gasteiger partial charge in [-0.2, -0.15) is 18.3 Å². The van der Waals surface area contributed by atoms with Gasteiger partial charge in [-0.3, -0.25) is 9.59 Å². The van der Waals surface area contributed by atoms with E-state index in [0.717, 1.165) is 25.3 Å². The summed E-state index contributed by atoms with van der Waals surface area (Å²) < 4.78 is 38.5. The van der Waals surface area contributed by atoms with Crippen LogP contribution in [-0.4, -0.2) is 32.7 Å². The van der Waals surface area contributed by atoms with Gasteiger partial charge in [-0.25, -0.2) is 4.68 Å². The van der Waals surface area contributed by atoms with Gasteiger partial charge >= 0.3 is 6.18 Å². The molecule has 0 bridgehead atoms. The summed E-state index contributed by atoms with van der Waals surface area (Å²) in [4.78, 5) is 25.6. The van der Waals surface area contributed by atoms with Crippen molar-refractivity contribution < 1.29 is 18.0 Å². The third-order valence-corrected chi connectivity index (χ3v) is 3.92. The number of alkyl halides is 3. The average Bonchev–Trinajstić information content (AvgIpc) is 2.39. The van der Waals surface area contributed by atoms with E-state index in [9.17, 15) is 22.8 Å². The monoisotopic (exact) mass is 317 g/mol. The van der Waals surface area contributed by atoms with E-state index in [1.807, 2.05) is 13.8 Å². The Balaban J connectivity index is 2.23. The number of amides is 1. The Labute approximate surface area is 125 Å². The summed E-state index contributed by atoms with van der Waals surface area (Å²) in [6.07, 6.45) is -1.94. The molecule has 1 aliphatic rings. The fourth-order valence-corrected chi connectivity index (χ4v) is 2.84. The molecule has 122 valence electrons. The lowest BCUT2D eigenvalue weighted by Crippen LogP contribution is -2.49. The lowest BCUT2D eigenvalue weighted by Gasteiger charge is -2.39. The van der Waals surface area contributed by atoms with Gasteiger partial charge in [-0.15, -0.1) is 0 Å². The molecule has 0 spiro atoms. The topological polar surface area (TPSA) is 55.2 Å². The second-order valence-corrected chi connectivity index (χ2v) is 5.64. The molecular weight excluding hydrogens is 299 g/mol. The van der Waals surface area contributed by atoms with Crippen LogP contribution in [0.3, 0.4) is 0 Å². The van der Waals surface area contributed by atoms with Crippen molar-refractivity contribution in [2.24, 2.45) is 0 Å². The second kappa shape index (κ2) is 6.10. The molecule has 1 saturated heterocycles. The molecule has 1 amide bonds. The summed E-state index contributed by atoms with van der Waals surface area (Å²) in [6, 6.07) is 1.43. The Morgan fingerprint density at radius 2 is 1.86 bits per heavy atom. The van der Waals surface area contributed by atoms with Crippen molar-refractivity contribution in [3.63, 3.8) is 0 Å². The second-order valence-electron chi connectivity index (χ2n) is 5.64.